The van der Waals surface area contributed by atoms with Gasteiger partial charge in [0.15, 0.2) is 0 Å². The summed E-state index contributed by atoms with van der Waals surface area (Å²) in [5, 5.41) is 5.99. The first-order valence-electron chi connectivity index (χ1n) is 6.16. The van der Waals surface area contributed by atoms with Crippen LogP contribution in [-0.4, -0.2) is 30.4 Å². The Morgan fingerprint density at radius 1 is 1.18 bits per heavy atom. The molecule has 1 fully saturated rings. The van der Waals surface area contributed by atoms with E-state index in [0.29, 0.717) is 0 Å². The molecule has 0 saturated heterocycles. The molecule has 0 radical (unpaired) electrons. The van der Waals surface area contributed by atoms with Gasteiger partial charge < -0.3 is 16.4 Å². The molecular formula is C12H23N3O2. The van der Waals surface area contributed by atoms with Crippen molar-refractivity contribution in [3.63, 3.8) is 0 Å². The van der Waals surface area contributed by atoms with Crippen LogP contribution in [0.1, 0.15) is 39.5 Å². The van der Waals surface area contributed by atoms with Crippen molar-refractivity contribution in [3.8, 4) is 0 Å². The molecule has 4 N–H and O–H groups in total. The van der Waals surface area contributed by atoms with Crippen molar-refractivity contribution in [1.29, 1.82) is 0 Å². The minimum Gasteiger partial charge on any atom is -0.369 e. The zero-order chi connectivity index (χ0) is 13.1. The number of hydrogen-bond acceptors (Lipinski definition) is 3. The van der Waals surface area contributed by atoms with E-state index in [1.807, 2.05) is 13.8 Å². The van der Waals surface area contributed by atoms with Gasteiger partial charge in [0.1, 0.15) is 0 Å². The van der Waals surface area contributed by atoms with Gasteiger partial charge in [0, 0.05) is 12.0 Å². The van der Waals surface area contributed by atoms with Gasteiger partial charge in [0.2, 0.25) is 11.8 Å². The normalized spacial score (nSPS) is 25.4. The summed E-state index contributed by atoms with van der Waals surface area (Å²) in [5.41, 5.74) is 4.71. The Morgan fingerprint density at radius 3 is 2.12 bits per heavy atom. The van der Waals surface area contributed by atoms with E-state index >= 15 is 0 Å². The lowest BCUT2D eigenvalue weighted by Gasteiger charge is -2.31. The molecule has 1 saturated carbocycles. The highest BCUT2D eigenvalue weighted by Gasteiger charge is 2.30. The van der Waals surface area contributed by atoms with Crippen molar-refractivity contribution < 1.29 is 9.59 Å². The molecule has 5 heteroatoms. The Balaban J connectivity index is 2.41. The number of likely N-dealkylation sites (N-methyl/N-ethyl adjacent to an activating group) is 1. The largest absolute Gasteiger partial charge is 0.369 e. The third-order valence-electron chi connectivity index (χ3n) is 3.66. The number of nitrogens with one attached hydrogen (secondary N) is 2. The molecule has 0 aliphatic heterocycles. The molecule has 0 aromatic carbocycles. The van der Waals surface area contributed by atoms with E-state index in [9.17, 15) is 9.59 Å². The van der Waals surface area contributed by atoms with Crippen molar-refractivity contribution in [2.45, 2.75) is 51.1 Å². The third-order valence-corrected chi connectivity index (χ3v) is 3.66. The van der Waals surface area contributed by atoms with Crippen molar-refractivity contribution in [1.82, 2.24) is 10.6 Å². The van der Waals surface area contributed by atoms with Crippen LogP contribution in [-0.2, 0) is 9.59 Å². The Labute approximate surface area is 103 Å². The summed E-state index contributed by atoms with van der Waals surface area (Å²) in [6.07, 6.45) is 3.22. The molecule has 0 atom stereocenters. The summed E-state index contributed by atoms with van der Waals surface area (Å²) in [6, 6.07) is 0.172. The molecule has 0 unspecified atom stereocenters. The summed E-state index contributed by atoms with van der Waals surface area (Å²) in [5.74, 6) is -0.228. The number of amides is 2. The Hall–Kier alpha value is -1.10. The lowest BCUT2D eigenvalue weighted by molar-refractivity contribution is -0.127. The highest BCUT2D eigenvalue weighted by molar-refractivity contribution is 5.85. The lowest BCUT2D eigenvalue weighted by atomic mass is 9.85. The van der Waals surface area contributed by atoms with E-state index in [0.717, 1.165) is 25.7 Å². The molecule has 0 aromatic heterocycles. The Morgan fingerprint density at radius 2 is 1.71 bits per heavy atom. The van der Waals surface area contributed by atoms with Crippen molar-refractivity contribution in [3.05, 3.63) is 0 Å². The van der Waals surface area contributed by atoms with Gasteiger partial charge in [-0.1, -0.05) is 0 Å². The molecule has 0 spiro atoms. The second kappa shape index (κ2) is 5.49. The van der Waals surface area contributed by atoms with Crippen molar-refractivity contribution in [2.75, 3.05) is 7.05 Å². The number of carbonyl (C=O) groups excluding carboxylic acids is 2. The van der Waals surface area contributed by atoms with E-state index in [1.54, 1.807) is 7.05 Å². The first-order valence-corrected chi connectivity index (χ1v) is 6.16. The van der Waals surface area contributed by atoms with Crippen molar-refractivity contribution >= 4 is 11.8 Å². The van der Waals surface area contributed by atoms with E-state index in [2.05, 4.69) is 10.6 Å². The predicted molar refractivity (Wildman–Crippen MR) is 66.2 cm³/mol. The smallest absolute Gasteiger partial charge is 0.239 e. The summed E-state index contributed by atoms with van der Waals surface area (Å²) in [7, 11) is 1.77. The highest BCUT2D eigenvalue weighted by atomic mass is 16.2. The fraction of sp³-hybridized carbons (Fsp3) is 0.833. The van der Waals surface area contributed by atoms with Crippen LogP contribution in [0.15, 0.2) is 0 Å². The first-order chi connectivity index (χ1) is 7.86. The Bertz CT molecular complexity index is 294. The van der Waals surface area contributed by atoms with Gasteiger partial charge >= 0.3 is 0 Å². The zero-order valence-corrected chi connectivity index (χ0v) is 10.9. The van der Waals surface area contributed by atoms with Crippen LogP contribution in [0.2, 0.25) is 0 Å². The molecule has 17 heavy (non-hydrogen) atoms. The number of hydrogen-bond donors (Lipinski definition) is 3. The average molecular weight is 241 g/mol. The first kappa shape index (κ1) is 14.0. The van der Waals surface area contributed by atoms with Crippen LogP contribution in [0.25, 0.3) is 0 Å². The minimum atomic E-state index is -0.555. The standard InChI is InChI=1S/C12H23N3O2/c1-12(2,14-3)11(17)15-9-6-4-8(5-7-9)10(13)16/h8-9,14H,4-7H2,1-3H3,(H2,13,16)(H,15,17). The van der Waals surface area contributed by atoms with Gasteiger partial charge in [-0.15, -0.1) is 0 Å². The van der Waals surface area contributed by atoms with E-state index in [4.69, 9.17) is 5.73 Å². The molecule has 1 rings (SSSR count). The quantitative estimate of drug-likeness (QED) is 0.655. The molecular weight excluding hydrogens is 218 g/mol. The number of rotatable bonds is 4. The van der Waals surface area contributed by atoms with Crippen molar-refractivity contribution in [2.24, 2.45) is 11.7 Å². The van der Waals surface area contributed by atoms with Gasteiger partial charge in [-0.25, -0.2) is 0 Å². The van der Waals surface area contributed by atoms with Crippen LogP contribution in [0.4, 0.5) is 0 Å². The maximum atomic E-state index is 11.9. The summed E-state index contributed by atoms with van der Waals surface area (Å²) in [6.45, 7) is 3.69. The van der Waals surface area contributed by atoms with Gasteiger partial charge in [-0.2, -0.15) is 0 Å². The fourth-order valence-electron chi connectivity index (χ4n) is 2.00. The topological polar surface area (TPSA) is 84.2 Å². The van der Waals surface area contributed by atoms with Crippen LogP contribution >= 0.6 is 0 Å². The third kappa shape index (κ3) is 3.70. The molecule has 2 amide bonds. The molecule has 0 aromatic rings. The number of carbonyl (C=O) groups is 2. The summed E-state index contributed by atoms with van der Waals surface area (Å²) < 4.78 is 0. The molecule has 1 aliphatic carbocycles. The average Bonchev–Trinajstić information content (AvgIpc) is 2.29. The zero-order valence-electron chi connectivity index (χ0n) is 10.9. The minimum absolute atomic E-state index is 0.00234. The molecule has 0 heterocycles. The summed E-state index contributed by atoms with van der Waals surface area (Å²) in [4.78, 5) is 22.9. The maximum Gasteiger partial charge on any atom is 0.239 e. The van der Waals surface area contributed by atoms with Gasteiger partial charge in [-0.3, -0.25) is 9.59 Å². The fourth-order valence-corrected chi connectivity index (χ4v) is 2.00. The number of nitrogens with two attached hydrogens (primary N) is 1. The van der Waals surface area contributed by atoms with E-state index in [-0.39, 0.29) is 23.8 Å². The van der Waals surface area contributed by atoms with Crippen LogP contribution < -0.4 is 16.4 Å². The van der Waals surface area contributed by atoms with Crippen LogP contribution in [0.5, 0.6) is 0 Å². The van der Waals surface area contributed by atoms with Gasteiger partial charge in [0.05, 0.1) is 5.54 Å². The van der Waals surface area contributed by atoms with Crippen LogP contribution in [0.3, 0.4) is 0 Å². The van der Waals surface area contributed by atoms with Gasteiger partial charge in [0.25, 0.3) is 0 Å². The Kier molecular flexibility index (Phi) is 4.51. The number of primary amides is 1. The molecule has 98 valence electrons. The van der Waals surface area contributed by atoms with E-state index in [1.165, 1.54) is 0 Å². The SMILES string of the molecule is CNC(C)(C)C(=O)NC1CCC(C(N)=O)CC1. The maximum absolute atomic E-state index is 11.9. The second-order valence-corrected chi connectivity index (χ2v) is 5.30. The van der Waals surface area contributed by atoms with Crippen LogP contribution in [0, 0.1) is 5.92 Å². The lowest BCUT2D eigenvalue weighted by Crippen LogP contribution is -2.54. The molecule has 5 nitrogen and oxygen atoms in total. The molecule has 0 bridgehead atoms. The highest BCUT2D eigenvalue weighted by Crippen LogP contribution is 2.24. The predicted octanol–water partition coefficient (Wildman–Crippen LogP) is 0.145. The monoisotopic (exact) mass is 241 g/mol. The molecule has 1 aliphatic rings. The van der Waals surface area contributed by atoms with Gasteiger partial charge in [-0.05, 0) is 46.6 Å². The van der Waals surface area contributed by atoms with E-state index < -0.39 is 5.54 Å². The summed E-state index contributed by atoms with van der Waals surface area (Å²) >= 11 is 0. The second-order valence-electron chi connectivity index (χ2n) is 5.30.